The lowest BCUT2D eigenvalue weighted by Gasteiger charge is -2.14. The molecular weight excluding hydrogens is 296 g/mol. The second kappa shape index (κ2) is 6.55. The highest BCUT2D eigenvalue weighted by molar-refractivity contribution is 9.10. The number of halogens is 3. The van der Waals surface area contributed by atoms with Gasteiger partial charge in [0.2, 0.25) is 0 Å². The second-order valence-electron chi connectivity index (χ2n) is 3.36. The minimum Gasteiger partial charge on any atom is -0.382 e. The van der Waals surface area contributed by atoms with Crippen LogP contribution in [0.4, 0.5) is 4.39 Å². The molecule has 2 nitrogen and oxygen atoms in total. The topological polar surface area (TPSA) is 35.2 Å². The average molecular weight is 311 g/mol. The Kier molecular flexibility index (Phi) is 5.69. The Balaban J connectivity index is 2.76. The molecular formula is C11H14BrClFNO. The zero-order valence-corrected chi connectivity index (χ0v) is 11.3. The van der Waals surface area contributed by atoms with Gasteiger partial charge in [0.15, 0.2) is 0 Å². The molecule has 2 N–H and O–H groups in total. The van der Waals surface area contributed by atoms with Gasteiger partial charge in [-0.3, -0.25) is 0 Å². The number of hydrogen-bond donors (Lipinski definition) is 1. The molecule has 0 aromatic heterocycles. The molecule has 90 valence electrons. The van der Waals surface area contributed by atoms with Gasteiger partial charge in [-0.25, -0.2) is 4.39 Å². The van der Waals surface area contributed by atoms with E-state index in [9.17, 15) is 4.39 Å². The summed E-state index contributed by atoms with van der Waals surface area (Å²) >= 11 is 8.94. The summed E-state index contributed by atoms with van der Waals surface area (Å²) in [6.07, 6.45) is 0.572. The van der Waals surface area contributed by atoms with Crippen molar-refractivity contribution < 1.29 is 9.13 Å². The molecule has 0 radical (unpaired) electrons. The lowest BCUT2D eigenvalue weighted by molar-refractivity contribution is 0.139. The van der Waals surface area contributed by atoms with Crippen LogP contribution in [0.2, 0.25) is 5.02 Å². The Morgan fingerprint density at radius 3 is 2.88 bits per heavy atom. The van der Waals surface area contributed by atoms with Crippen molar-refractivity contribution in [3.05, 3.63) is 33.0 Å². The molecule has 0 saturated carbocycles. The Morgan fingerprint density at radius 2 is 2.25 bits per heavy atom. The summed E-state index contributed by atoms with van der Waals surface area (Å²) in [6.45, 7) is 3.06. The normalized spacial score (nSPS) is 12.8. The molecule has 5 heteroatoms. The van der Waals surface area contributed by atoms with Gasteiger partial charge in [-0.2, -0.15) is 0 Å². The fourth-order valence-electron chi connectivity index (χ4n) is 1.34. The maximum absolute atomic E-state index is 13.7. The molecule has 1 rings (SSSR count). The predicted molar refractivity (Wildman–Crippen MR) is 67.1 cm³/mol. The van der Waals surface area contributed by atoms with Crippen LogP contribution in [-0.2, 0) is 4.74 Å². The van der Waals surface area contributed by atoms with Crippen molar-refractivity contribution in [3.8, 4) is 0 Å². The van der Waals surface area contributed by atoms with Crippen LogP contribution in [-0.4, -0.2) is 13.2 Å². The van der Waals surface area contributed by atoms with Gasteiger partial charge in [0.1, 0.15) is 5.82 Å². The van der Waals surface area contributed by atoms with Crippen molar-refractivity contribution >= 4 is 27.5 Å². The van der Waals surface area contributed by atoms with E-state index in [1.807, 2.05) is 6.92 Å². The van der Waals surface area contributed by atoms with Gasteiger partial charge < -0.3 is 10.5 Å². The summed E-state index contributed by atoms with van der Waals surface area (Å²) < 4.78 is 19.4. The summed E-state index contributed by atoms with van der Waals surface area (Å²) in [4.78, 5) is 0. The summed E-state index contributed by atoms with van der Waals surface area (Å²) in [6, 6.07) is 2.94. The van der Waals surface area contributed by atoms with Gasteiger partial charge in [0, 0.05) is 29.3 Å². The minimum absolute atomic E-state index is 0.0735. The van der Waals surface area contributed by atoms with E-state index in [2.05, 4.69) is 15.9 Å². The van der Waals surface area contributed by atoms with Crippen LogP contribution in [0.15, 0.2) is 16.6 Å². The molecule has 0 aliphatic rings. The Labute approximate surface area is 108 Å². The molecule has 1 atom stereocenters. The van der Waals surface area contributed by atoms with Gasteiger partial charge in [0.25, 0.3) is 0 Å². The van der Waals surface area contributed by atoms with Gasteiger partial charge in [-0.15, -0.1) is 0 Å². The van der Waals surface area contributed by atoms with Crippen molar-refractivity contribution in [1.82, 2.24) is 0 Å². The number of benzene rings is 1. The van der Waals surface area contributed by atoms with E-state index >= 15 is 0 Å². The first-order valence-electron chi connectivity index (χ1n) is 5.04. The first-order chi connectivity index (χ1) is 7.57. The highest BCUT2D eigenvalue weighted by Gasteiger charge is 2.15. The van der Waals surface area contributed by atoms with E-state index in [1.54, 1.807) is 12.1 Å². The van der Waals surface area contributed by atoms with E-state index < -0.39 is 11.9 Å². The van der Waals surface area contributed by atoms with Crippen LogP contribution in [0.25, 0.3) is 0 Å². The smallest absolute Gasteiger partial charge is 0.147 e. The van der Waals surface area contributed by atoms with Crippen molar-refractivity contribution in [2.45, 2.75) is 19.4 Å². The first kappa shape index (κ1) is 13.9. The molecule has 0 heterocycles. The van der Waals surface area contributed by atoms with Crippen LogP contribution >= 0.6 is 27.5 Å². The van der Waals surface area contributed by atoms with Crippen LogP contribution in [0.3, 0.4) is 0 Å². The summed E-state index contributed by atoms with van der Waals surface area (Å²) in [5.74, 6) is -0.458. The monoisotopic (exact) mass is 309 g/mol. The van der Waals surface area contributed by atoms with Gasteiger partial charge in [0.05, 0.1) is 5.02 Å². The highest BCUT2D eigenvalue weighted by atomic mass is 79.9. The molecule has 0 aliphatic heterocycles. The summed E-state index contributed by atoms with van der Waals surface area (Å²) in [5, 5.41) is 0.0735. The maximum atomic E-state index is 13.7. The van der Waals surface area contributed by atoms with Crippen molar-refractivity contribution in [2.75, 3.05) is 13.2 Å². The molecule has 0 bridgehead atoms. The Hall–Kier alpha value is -0.160. The molecule has 1 aromatic carbocycles. The minimum atomic E-state index is -0.458. The third-order valence-corrected chi connectivity index (χ3v) is 3.50. The third-order valence-electron chi connectivity index (χ3n) is 2.24. The van der Waals surface area contributed by atoms with E-state index in [4.69, 9.17) is 22.1 Å². The Bertz CT molecular complexity index is 362. The number of nitrogens with two attached hydrogens (primary N) is 1. The highest BCUT2D eigenvalue weighted by Crippen LogP contribution is 2.30. The van der Waals surface area contributed by atoms with Gasteiger partial charge >= 0.3 is 0 Å². The van der Waals surface area contributed by atoms with E-state index in [-0.39, 0.29) is 5.02 Å². The molecule has 16 heavy (non-hydrogen) atoms. The van der Waals surface area contributed by atoms with Crippen LogP contribution in [0.1, 0.15) is 24.9 Å². The molecule has 0 spiro atoms. The van der Waals surface area contributed by atoms with Crippen molar-refractivity contribution in [3.63, 3.8) is 0 Å². The van der Waals surface area contributed by atoms with E-state index in [0.717, 1.165) is 0 Å². The lowest BCUT2D eigenvalue weighted by Crippen LogP contribution is -2.15. The first-order valence-corrected chi connectivity index (χ1v) is 6.21. The maximum Gasteiger partial charge on any atom is 0.147 e. The largest absolute Gasteiger partial charge is 0.382 e. The van der Waals surface area contributed by atoms with Crippen LogP contribution < -0.4 is 5.73 Å². The zero-order chi connectivity index (χ0) is 12.1. The second-order valence-corrected chi connectivity index (χ2v) is 4.59. The van der Waals surface area contributed by atoms with Crippen LogP contribution in [0, 0.1) is 5.82 Å². The Morgan fingerprint density at radius 1 is 1.56 bits per heavy atom. The fourth-order valence-corrected chi connectivity index (χ4v) is 1.82. The van der Waals surface area contributed by atoms with Crippen molar-refractivity contribution in [2.24, 2.45) is 5.73 Å². The van der Waals surface area contributed by atoms with E-state index in [0.29, 0.717) is 29.7 Å². The summed E-state index contributed by atoms with van der Waals surface area (Å²) in [5.41, 5.74) is 6.29. The molecule has 0 aliphatic carbocycles. The zero-order valence-electron chi connectivity index (χ0n) is 8.97. The SMILES string of the molecule is CCOCCC(N)c1ccc(Br)c(Cl)c1F. The average Bonchev–Trinajstić information content (AvgIpc) is 2.26. The van der Waals surface area contributed by atoms with Crippen molar-refractivity contribution in [1.29, 1.82) is 0 Å². The molecule has 0 fully saturated rings. The number of hydrogen-bond acceptors (Lipinski definition) is 2. The van der Waals surface area contributed by atoms with Crippen LogP contribution in [0.5, 0.6) is 0 Å². The molecule has 0 saturated heterocycles. The van der Waals surface area contributed by atoms with Gasteiger partial charge in [-0.05, 0) is 35.3 Å². The van der Waals surface area contributed by atoms with E-state index in [1.165, 1.54) is 0 Å². The molecule has 1 unspecified atom stereocenters. The fraction of sp³-hybridized carbons (Fsp3) is 0.455. The number of rotatable bonds is 5. The number of ether oxygens (including phenoxy) is 1. The van der Waals surface area contributed by atoms with Gasteiger partial charge in [-0.1, -0.05) is 17.7 Å². The standard InChI is InChI=1S/C11H14BrClFNO/c1-2-16-6-5-9(15)7-3-4-8(12)10(13)11(7)14/h3-4,9H,2,5-6,15H2,1H3. The quantitative estimate of drug-likeness (QED) is 0.665. The molecule has 1 aromatic rings. The molecule has 0 amide bonds. The lowest BCUT2D eigenvalue weighted by atomic mass is 10.0. The summed E-state index contributed by atoms with van der Waals surface area (Å²) in [7, 11) is 0. The third kappa shape index (κ3) is 3.42. The predicted octanol–water partition coefficient (Wildman–Crippen LogP) is 3.67.